The zero-order chi connectivity index (χ0) is 14.8. The third-order valence-corrected chi connectivity index (χ3v) is 5.31. The van der Waals surface area contributed by atoms with Crippen LogP contribution in [0.5, 0.6) is 0 Å². The Labute approximate surface area is 129 Å². The van der Waals surface area contributed by atoms with Gasteiger partial charge in [-0.3, -0.25) is 9.69 Å². The second kappa shape index (κ2) is 6.29. The van der Waals surface area contributed by atoms with E-state index in [4.69, 9.17) is 5.73 Å². The molecule has 2 aliphatic rings. The Kier molecular flexibility index (Phi) is 4.42. The Morgan fingerprint density at radius 3 is 2.81 bits per heavy atom. The molecule has 6 nitrogen and oxygen atoms in total. The van der Waals surface area contributed by atoms with Gasteiger partial charge in [-0.05, 0) is 19.4 Å². The van der Waals surface area contributed by atoms with Crippen molar-refractivity contribution in [1.82, 2.24) is 20.1 Å². The average Bonchev–Trinajstić information content (AvgIpc) is 3.16. The van der Waals surface area contributed by atoms with Gasteiger partial charge in [-0.1, -0.05) is 18.3 Å². The molecule has 0 radical (unpaired) electrons. The predicted molar refractivity (Wildman–Crippen MR) is 84.7 cm³/mol. The zero-order valence-electron chi connectivity index (χ0n) is 12.5. The summed E-state index contributed by atoms with van der Waals surface area (Å²) in [6.07, 6.45) is 1.97. The van der Waals surface area contributed by atoms with Gasteiger partial charge in [0, 0.05) is 38.8 Å². The van der Waals surface area contributed by atoms with Crippen molar-refractivity contribution in [3.8, 4) is 0 Å². The fourth-order valence-corrected chi connectivity index (χ4v) is 4.05. The maximum atomic E-state index is 12.6. The number of carbonyl (C=O) groups excluding carboxylic acids is 1. The van der Waals surface area contributed by atoms with Crippen LogP contribution in [0.25, 0.3) is 0 Å². The summed E-state index contributed by atoms with van der Waals surface area (Å²) in [5.74, 6) is 0.102. The van der Waals surface area contributed by atoms with Crippen molar-refractivity contribution >= 4 is 22.4 Å². The van der Waals surface area contributed by atoms with Crippen LogP contribution >= 0.6 is 11.3 Å². The Bertz CT molecular complexity index is 503. The number of nitrogen functional groups attached to an aromatic ring is 1. The number of hydrogen-bond donors (Lipinski definition) is 2. The highest BCUT2D eigenvalue weighted by Gasteiger charge is 2.29. The summed E-state index contributed by atoms with van der Waals surface area (Å²) in [6.45, 7) is 7.74. The number of hydrogen-bond acceptors (Lipinski definition) is 6. The quantitative estimate of drug-likeness (QED) is 0.846. The molecule has 0 aliphatic carbocycles. The van der Waals surface area contributed by atoms with Crippen LogP contribution < -0.4 is 11.1 Å². The molecular weight excluding hydrogens is 286 g/mol. The minimum Gasteiger partial charge on any atom is -0.375 e. The number of nitrogens with one attached hydrogen (secondary N) is 1. The van der Waals surface area contributed by atoms with E-state index in [9.17, 15) is 4.79 Å². The predicted octanol–water partition coefficient (Wildman–Crippen LogP) is 0.407. The minimum atomic E-state index is 0.102. The van der Waals surface area contributed by atoms with Crippen LogP contribution in [-0.2, 0) is 6.42 Å². The summed E-state index contributed by atoms with van der Waals surface area (Å²) in [4.78, 5) is 22.1. The van der Waals surface area contributed by atoms with Crippen LogP contribution in [0.3, 0.4) is 0 Å². The second-order valence-electron chi connectivity index (χ2n) is 5.66. The van der Waals surface area contributed by atoms with Gasteiger partial charge in [0.15, 0.2) is 5.13 Å². The van der Waals surface area contributed by atoms with Gasteiger partial charge in [0.25, 0.3) is 5.91 Å². The van der Waals surface area contributed by atoms with Gasteiger partial charge in [0.2, 0.25) is 0 Å². The SMILES string of the molecule is CCc1nc(N)sc1C(=O)N1CCN([C@H]2CCNC2)CC1. The van der Waals surface area contributed by atoms with E-state index in [0.29, 0.717) is 11.2 Å². The first-order chi connectivity index (χ1) is 10.2. The van der Waals surface area contributed by atoms with Crippen molar-refractivity contribution < 1.29 is 4.79 Å². The molecule has 2 fully saturated rings. The van der Waals surface area contributed by atoms with Crippen molar-refractivity contribution in [1.29, 1.82) is 0 Å². The monoisotopic (exact) mass is 309 g/mol. The van der Waals surface area contributed by atoms with Gasteiger partial charge in [0.1, 0.15) is 4.88 Å². The molecule has 0 spiro atoms. The van der Waals surface area contributed by atoms with Crippen LogP contribution in [0.2, 0.25) is 0 Å². The lowest BCUT2D eigenvalue weighted by molar-refractivity contribution is 0.0587. The Morgan fingerprint density at radius 2 is 2.19 bits per heavy atom. The summed E-state index contributed by atoms with van der Waals surface area (Å²) in [7, 11) is 0. The molecule has 1 amide bonds. The van der Waals surface area contributed by atoms with Gasteiger partial charge in [-0.2, -0.15) is 0 Å². The van der Waals surface area contributed by atoms with E-state index in [1.165, 1.54) is 17.8 Å². The average molecular weight is 309 g/mol. The topological polar surface area (TPSA) is 74.5 Å². The molecule has 21 heavy (non-hydrogen) atoms. The summed E-state index contributed by atoms with van der Waals surface area (Å²) < 4.78 is 0. The normalized spacial score (nSPS) is 23.7. The zero-order valence-corrected chi connectivity index (χ0v) is 13.3. The van der Waals surface area contributed by atoms with E-state index < -0.39 is 0 Å². The van der Waals surface area contributed by atoms with Crippen LogP contribution in [0.4, 0.5) is 5.13 Å². The Balaban J connectivity index is 1.62. The molecule has 2 aliphatic heterocycles. The highest BCUT2D eigenvalue weighted by atomic mass is 32.1. The van der Waals surface area contributed by atoms with Gasteiger partial charge in [-0.15, -0.1) is 0 Å². The van der Waals surface area contributed by atoms with Crippen LogP contribution in [-0.4, -0.2) is 66.0 Å². The number of piperazine rings is 1. The third kappa shape index (κ3) is 3.04. The molecule has 3 rings (SSSR count). The number of anilines is 1. The lowest BCUT2D eigenvalue weighted by atomic mass is 10.2. The van der Waals surface area contributed by atoms with Crippen molar-refractivity contribution in [3.05, 3.63) is 10.6 Å². The molecule has 1 atom stereocenters. The summed E-state index contributed by atoms with van der Waals surface area (Å²) in [5, 5.41) is 3.90. The maximum Gasteiger partial charge on any atom is 0.266 e. The fraction of sp³-hybridized carbons (Fsp3) is 0.714. The molecule has 3 heterocycles. The molecule has 0 saturated carbocycles. The number of thiazole rings is 1. The number of aromatic nitrogens is 1. The first-order valence-corrected chi connectivity index (χ1v) is 8.50. The third-order valence-electron chi connectivity index (χ3n) is 4.40. The van der Waals surface area contributed by atoms with Gasteiger partial charge in [-0.25, -0.2) is 4.98 Å². The highest BCUT2D eigenvalue weighted by molar-refractivity contribution is 7.17. The van der Waals surface area contributed by atoms with Crippen molar-refractivity contribution in [2.24, 2.45) is 0 Å². The Hall–Kier alpha value is -1.18. The fourth-order valence-electron chi connectivity index (χ4n) is 3.16. The van der Waals surface area contributed by atoms with E-state index in [-0.39, 0.29) is 5.91 Å². The van der Waals surface area contributed by atoms with E-state index >= 15 is 0 Å². The maximum absolute atomic E-state index is 12.6. The largest absolute Gasteiger partial charge is 0.375 e. The number of amides is 1. The lowest BCUT2D eigenvalue weighted by Gasteiger charge is -2.37. The first kappa shape index (κ1) is 14.7. The van der Waals surface area contributed by atoms with E-state index in [0.717, 1.165) is 56.3 Å². The first-order valence-electron chi connectivity index (χ1n) is 7.68. The van der Waals surface area contributed by atoms with E-state index in [1.54, 1.807) is 0 Å². The lowest BCUT2D eigenvalue weighted by Crippen LogP contribution is -2.52. The van der Waals surface area contributed by atoms with Crippen molar-refractivity contribution in [3.63, 3.8) is 0 Å². The van der Waals surface area contributed by atoms with Gasteiger partial charge >= 0.3 is 0 Å². The smallest absolute Gasteiger partial charge is 0.266 e. The van der Waals surface area contributed by atoms with Crippen LogP contribution in [0.1, 0.15) is 28.7 Å². The molecule has 3 N–H and O–H groups in total. The number of aryl methyl sites for hydroxylation is 1. The van der Waals surface area contributed by atoms with E-state index in [2.05, 4.69) is 15.2 Å². The molecule has 0 aromatic carbocycles. The number of rotatable bonds is 3. The van der Waals surface area contributed by atoms with Gasteiger partial charge < -0.3 is 16.0 Å². The highest BCUT2D eigenvalue weighted by Crippen LogP contribution is 2.23. The molecule has 1 aromatic heterocycles. The minimum absolute atomic E-state index is 0.102. The molecule has 1 aromatic rings. The number of nitrogens with zero attached hydrogens (tertiary/aromatic N) is 3. The molecule has 0 unspecified atom stereocenters. The number of nitrogens with two attached hydrogens (primary N) is 1. The second-order valence-corrected chi connectivity index (χ2v) is 6.69. The number of carbonyl (C=O) groups is 1. The van der Waals surface area contributed by atoms with Gasteiger partial charge in [0.05, 0.1) is 5.69 Å². The molecule has 7 heteroatoms. The Morgan fingerprint density at radius 1 is 1.43 bits per heavy atom. The summed E-state index contributed by atoms with van der Waals surface area (Å²) >= 11 is 1.32. The standard InChI is InChI=1S/C14H23N5OS/c1-2-11-12(21-14(15)17-11)13(20)19-7-5-18(6-8-19)10-3-4-16-9-10/h10,16H,2-9H2,1H3,(H2,15,17)/t10-/m0/s1. The van der Waals surface area contributed by atoms with Crippen molar-refractivity contribution in [2.75, 3.05) is 45.0 Å². The summed E-state index contributed by atoms with van der Waals surface area (Å²) in [5.41, 5.74) is 6.59. The molecule has 2 saturated heterocycles. The molecule has 0 bridgehead atoms. The molecular formula is C14H23N5OS. The van der Waals surface area contributed by atoms with Crippen LogP contribution in [0, 0.1) is 0 Å². The van der Waals surface area contributed by atoms with Crippen molar-refractivity contribution in [2.45, 2.75) is 25.8 Å². The summed E-state index contributed by atoms with van der Waals surface area (Å²) in [6, 6.07) is 0.646. The van der Waals surface area contributed by atoms with Crippen LogP contribution in [0.15, 0.2) is 0 Å². The molecule has 116 valence electrons. The van der Waals surface area contributed by atoms with E-state index in [1.807, 2.05) is 11.8 Å².